The average Bonchev–Trinajstić information content (AvgIpc) is 3.16. The molecule has 2 aromatic rings. The van der Waals surface area contributed by atoms with Crippen molar-refractivity contribution in [3.05, 3.63) is 41.1 Å². The number of nitrogens with zero attached hydrogens (tertiary/aromatic N) is 1. The molecule has 3 nitrogen and oxygen atoms in total. The Balaban J connectivity index is 1.81. The Kier molecular flexibility index (Phi) is 3.66. The van der Waals surface area contributed by atoms with Crippen LogP contribution in [-0.2, 0) is 0 Å². The van der Waals surface area contributed by atoms with E-state index >= 15 is 0 Å². The van der Waals surface area contributed by atoms with Gasteiger partial charge in [-0.2, -0.15) is 0 Å². The number of hydrogen-bond donors (Lipinski definition) is 1. The molecular formula is C18H22N2O. The number of rotatable bonds is 4. The summed E-state index contributed by atoms with van der Waals surface area (Å²) < 4.78 is 0. The molecule has 1 fully saturated rings. The maximum Gasteiger partial charge on any atom is 0.253 e. The van der Waals surface area contributed by atoms with E-state index in [0.29, 0.717) is 17.5 Å². The fourth-order valence-corrected chi connectivity index (χ4v) is 2.96. The van der Waals surface area contributed by atoms with E-state index in [1.54, 1.807) is 0 Å². The van der Waals surface area contributed by atoms with E-state index in [-0.39, 0.29) is 5.91 Å². The van der Waals surface area contributed by atoms with Crippen molar-refractivity contribution in [1.82, 2.24) is 10.3 Å². The Morgan fingerprint density at radius 1 is 1.33 bits per heavy atom. The van der Waals surface area contributed by atoms with Gasteiger partial charge in [0.25, 0.3) is 5.91 Å². The number of aryl methyl sites for hydroxylation is 2. The molecule has 1 heterocycles. The third-order valence-corrected chi connectivity index (χ3v) is 4.31. The maximum absolute atomic E-state index is 12.4. The van der Waals surface area contributed by atoms with E-state index < -0.39 is 0 Å². The Labute approximate surface area is 125 Å². The summed E-state index contributed by atoms with van der Waals surface area (Å²) in [7, 11) is 0. The largest absolute Gasteiger partial charge is 0.349 e. The van der Waals surface area contributed by atoms with Crippen molar-refractivity contribution < 1.29 is 4.79 Å². The molecule has 0 radical (unpaired) electrons. The average molecular weight is 282 g/mol. The smallest absolute Gasteiger partial charge is 0.253 e. The number of amides is 1. The van der Waals surface area contributed by atoms with Crippen LogP contribution in [0.3, 0.4) is 0 Å². The molecule has 1 saturated carbocycles. The molecule has 1 aliphatic rings. The third kappa shape index (κ3) is 2.92. The number of aromatic nitrogens is 1. The number of pyridine rings is 1. The molecule has 21 heavy (non-hydrogen) atoms. The molecule has 2 atom stereocenters. The molecule has 3 heteroatoms. The zero-order chi connectivity index (χ0) is 15.0. The van der Waals surface area contributed by atoms with Crippen LogP contribution < -0.4 is 5.32 Å². The molecule has 1 N–H and O–H groups in total. The molecule has 1 aliphatic carbocycles. The lowest BCUT2D eigenvalue weighted by Gasteiger charge is -2.09. The quantitative estimate of drug-likeness (QED) is 0.927. The number of hydrogen-bond acceptors (Lipinski definition) is 2. The second kappa shape index (κ2) is 5.47. The molecule has 0 spiro atoms. The third-order valence-electron chi connectivity index (χ3n) is 4.31. The van der Waals surface area contributed by atoms with Crippen LogP contribution in [0.5, 0.6) is 0 Å². The molecule has 0 bridgehead atoms. The van der Waals surface area contributed by atoms with Gasteiger partial charge in [0.05, 0.1) is 16.8 Å². The van der Waals surface area contributed by atoms with Gasteiger partial charge in [0.2, 0.25) is 0 Å². The Morgan fingerprint density at radius 3 is 2.90 bits per heavy atom. The highest BCUT2D eigenvalue weighted by atomic mass is 16.1. The highest BCUT2D eigenvalue weighted by Crippen LogP contribution is 2.34. The highest BCUT2D eigenvalue weighted by molar-refractivity contribution is 5.99. The summed E-state index contributed by atoms with van der Waals surface area (Å²) >= 11 is 0. The summed E-state index contributed by atoms with van der Waals surface area (Å²) in [6.45, 7) is 6.15. The second-order valence-corrected chi connectivity index (χ2v) is 6.18. The Morgan fingerprint density at radius 2 is 2.14 bits per heavy atom. The van der Waals surface area contributed by atoms with Gasteiger partial charge in [-0.1, -0.05) is 25.5 Å². The monoisotopic (exact) mass is 282 g/mol. The fraction of sp³-hybridized carbons (Fsp3) is 0.444. The van der Waals surface area contributed by atoms with Crippen LogP contribution in [0, 0.1) is 19.8 Å². The second-order valence-electron chi connectivity index (χ2n) is 6.18. The number of carbonyl (C=O) groups excluding carboxylic acids is 1. The van der Waals surface area contributed by atoms with Crippen LogP contribution in [0.2, 0.25) is 0 Å². The Hall–Kier alpha value is -1.90. The minimum atomic E-state index is 0.0195. The minimum Gasteiger partial charge on any atom is -0.349 e. The van der Waals surface area contributed by atoms with Crippen molar-refractivity contribution in [1.29, 1.82) is 0 Å². The minimum absolute atomic E-state index is 0.0195. The van der Waals surface area contributed by atoms with Crippen molar-refractivity contribution in [3.8, 4) is 0 Å². The van der Waals surface area contributed by atoms with Crippen LogP contribution in [-0.4, -0.2) is 16.9 Å². The SMILES string of the molecule is CCC[C@H]1C[C@H]1NC(=O)c1cc2ccc(C)cc2nc1C. The van der Waals surface area contributed by atoms with Crippen molar-refractivity contribution in [2.24, 2.45) is 5.92 Å². The van der Waals surface area contributed by atoms with Gasteiger partial charge < -0.3 is 5.32 Å². The molecule has 0 aliphatic heterocycles. The zero-order valence-corrected chi connectivity index (χ0v) is 12.9. The summed E-state index contributed by atoms with van der Waals surface area (Å²) in [6, 6.07) is 8.47. The first-order valence-electron chi connectivity index (χ1n) is 7.77. The fourth-order valence-electron chi connectivity index (χ4n) is 2.96. The molecule has 0 saturated heterocycles. The topological polar surface area (TPSA) is 42.0 Å². The van der Waals surface area contributed by atoms with Crippen molar-refractivity contribution in [3.63, 3.8) is 0 Å². The van der Waals surface area contributed by atoms with Crippen molar-refractivity contribution >= 4 is 16.8 Å². The summed E-state index contributed by atoms with van der Waals surface area (Å²) in [5.74, 6) is 0.696. The predicted molar refractivity (Wildman–Crippen MR) is 85.5 cm³/mol. The summed E-state index contributed by atoms with van der Waals surface area (Å²) in [5, 5.41) is 4.17. The summed E-state index contributed by atoms with van der Waals surface area (Å²) in [6.07, 6.45) is 3.52. The lowest BCUT2D eigenvalue weighted by Crippen LogP contribution is -2.27. The van der Waals surface area contributed by atoms with E-state index in [4.69, 9.17) is 0 Å². The first-order chi connectivity index (χ1) is 10.1. The number of carbonyl (C=O) groups is 1. The van der Waals surface area contributed by atoms with Crippen LogP contribution in [0.4, 0.5) is 0 Å². The van der Waals surface area contributed by atoms with Crippen LogP contribution >= 0.6 is 0 Å². The van der Waals surface area contributed by atoms with Crippen LogP contribution in [0.1, 0.15) is 47.8 Å². The standard InChI is InChI=1S/C18H22N2O/c1-4-5-13-10-17(13)20-18(21)15-9-14-7-6-11(2)8-16(14)19-12(15)3/h6-9,13,17H,4-5,10H2,1-3H3,(H,20,21)/t13-,17+/m0/s1. The highest BCUT2D eigenvalue weighted by Gasteiger charge is 2.37. The molecule has 1 aromatic carbocycles. The van der Waals surface area contributed by atoms with Gasteiger partial charge in [0, 0.05) is 11.4 Å². The van der Waals surface area contributed by atoms with Gasteiger partial charge in [0.15, 0.2) is 0 Å². The molecule has 1 amide bonds. The lowest BCUT2D eigenvalue weighted by molar-refractivity contribution is 0.0948. The number of fused-ring (bicyclic) bond motifs is 1. The van der Waals surface area contributed by atoms with E-state index in [1.807, 2.05) is 19.1 Å². The van der Waals surface area contributed by atoms with E-state index in [0.717, 1.165) is 23.0 Å². The zero-order valence-electron chi connectivity index (χ0n) is 12.9. The van der Waals surface area contributed by atoms with Gasteiger partial charge in [-0.25, -0.2) is 0 Å². The van der Waals surface area contributed by atoms with Gasteiger partial charge in [0.1, 0.15) is 0 Å². The van der Waals surface area contributed by atoms with Crippen molar-refractivity contribution in [2.45, 2.75) is 46.1 Å². The van der Waals surface area contributed by atoms with Gasteiger partial charge >= 0.3 is 0 Å². The van der Waals surface area contributed by atoms with E-state index in [9.17, 15) is 4.79 Å². The molecule has 1 aromatic heterocycles. The van der Waals surface area contributed by atoms with Crippen molar-refractivity contribution in [2.75, 3.05) is 0 Å². The first-order valence-corrected chi connectivity index (χ1v) is 7.77. The lowest BCUT2D eigenvalue weighted by atomic mass is 10.1. The van der Waals surface area contributed by atoms with Gasteiger partial charge in [-0.05, 0) is 50.3 Å². The first kappa shape index (κ1) is 14.1. The van der Waals surface area contributed by atoms with Gasteiger partial charge in [-0.15, -0.1) is 0 Å². The van der Waals surface area contributed by atoms with E-state index in [1.165, 1.54) is 18.4 Å². The van der Waals surface area contributed by atoms with Crippen LogP contribution in [0.15, 0.2) is 24.3 Å². The van der Waals surface area contributed by atoms with Gasteiger partial charge in [-0.3, -0.25) is 9.78 Å². The summed E-state index contributed by atoms with van der Waals surface area (Å²) in [5.41, 5.74) is 3.65. The number of nitrogens with one attached hydrogen (secondary N) is 1. The molecule has 110 valence electrons. The molecule has 0 unspecified atom stereocenters. The normalized spacial score (nSPS) is 20.5. The Bertz CT molecular complexity index is 693. The summed E-state index contributed by atoms with van der Waals surface area (Å²) in [4.78, 5) is 17.0. The van der Waals surface area contributed by atoms with E-state index in [2.05, 4.69) is 36.3 Å². The molecular weight excluding hydrogens is 260 g/mol. The molecule has 3 rings (SSSR count). The van der Waals surface area contributed by atoms with Crippen LogP contribution in [0.25, 0.3) is 10.9 Å². The predicted octanol–water partition coefficient (Wildman–Crippen LogP) is 3.77. The maximum atomic E-state index is 12.4. The number of benzene rings is 1.